The fourth-order valence-electron chi connectivity index (χ4n) is 3.04. The van der Waals surface area contributed by atoms with E-state index in [-0.39, 0.29) is 11.1 Å². The predicted octanol–water partition coefficient (Wildman–Crippen LogP) is 4.37. The zero-order valence-corrected chi connectivity index (χ0v) is 17.8. The second-order valence-corrected chi connectivity index (χ2v) is 7.76. The number of para-hydroxylation sites is 1. The Morgan fingerprint density at radius 2 is 1.80 bits per heavy atom. The molecule has 30 heavy (non-hydrogen) atoms. The topological polar surface area (TPSA) is 91.7 Å². The fraction of sp³-hybridized carbons (Fsp3) is 0.143. The molecular formula is C21H19ClN6OS. The minimum Gasteiger partial charge on any atom is -0.496 e. The van der Waals surface area contributed by atoms with Gasteiger partial charge in [-0.2, -0.15) is 0 Å². The molecule has 2 N–H and O–H groups in total. The van der Waals surface area contributed by atoms with Gasteiger partial charge in [0, 0.05) is 12.6 Å². The molecular weight excluding hydrogens is 420 g/mol. The van der Waals surface area contributed by atoms with Gasteiger partial charge >= 0.3 is 0 Å². The summed E-state index contributed by atoms with van der Waals surface area (Å²) in [5, 5.41) is 10.4. The van der Waals surface area contributed by atoms with Crippen LogP contribution in [0.5, 0.6) is 5.75 Å². The lowest BCUT2D eigenvalue weighted by atomic mass is 10.1. The minimum absolute atomic E-state index is 0.116. The molecule has 4 aromatic rings. The van der Waals surface area contributed by atoms with Crippen molar-refractivity contribution in [2.45, 2.75) is 23.1 Å². The first-order valence-corrected chi connectivity index (χ1v) is 10.4. The average Bonchev–Trinajstić information content (AvgIpc) is 3.14. The van der Waals surface area contributed by atoms with E-state index in [4.69, 9.17) is 22.1 Å². The van der Waals surface area contributed by atoms with Crippen LogP contribution >= 0.6 is 23.4 Å². The lowest BCUT2D eigenvalue weighted by molar-refractivity contribution is 0.415. The van der Waals surface area contributed by atoms with Crippen LogP contribution in [-0.4, -0.2) is 31.8 Å². The molecule has 0 saturated heterocycles. The molecule has 4 rings (SSSR count). The fourth-order valence-corrected chi connectivity index (χ4v) is 4.16. The maximum atomic E-state index is 6.03. The Balaban J connectivity index is 1.73. The standard InChI is InChI=1S/C21H19ClN6OS/c1-29-16-10-6-5-9-15(16)19-26-27-21(30-18-13-17(22)24-20(23)25-18)28(19)12-11-14-7-3-2-4-8-14/h2-10,13H,11-12H2,1H3,(H2,23,24,25). The van der Waals surface area contributed by atoms with E-state index in [0.717, 1.165) is 23.6 Å². The summed E-state index contributed by atoms with van der Waals surface area (Å²) in [6.45, 7) is 0.682. The van der Waals surface area contributed by atoms with Crippen molar-refractivity contribution in [1.82, 2.24) is 24.7 Å². The van der Waals surface area contributed by atoms with Crippen LogP contribution in [0.2, 0.25) is 5.15 Å². The van der Waals surface area contributed by atoms with Crippen LogP contribution in [0.3, 0.4) is 0 Å². The van der Waals surface area contributed by atoms with Gasteiger partial charge in [0.05, 0.1) is 12.7 Å². The van der Waals surface area contributed by atoms with Crippen molar-refractivity contribution < 1.29 is 4.74 Å². The molecule has 0 radical (unpaired) electrons. The highest BCUT2D eigenvalue weighted by atomic mass is 35.5. The van der Waals surface area contributed by atoms with Crippen LogP contribution in [0.4, 0.5) is 5.95 Å². The zero-order valence-electron chi connectivity index (χ0n) is 16.2. The molecule has 2 heterocycles. The van der Waals surface area contributed by atoms with Crippen LogP contribution in [0, 0.1) is 0 Å². The van der Waals surface area contributed by atoms with Gasteiger partial charge < -0.3 is 15.0 Å². The normalized spacial score (nSPS) is 10.9. The van der Waals surface area contributed by atoms with Gasteiger partial charge in [-0.05, 0) is 35.9 Å². The molecule has 0 saturated carbocycles. The molecule has 0 spiro atoms. The van der Waals surface area contributed by atoms with Crippen LogP contribution in [0.25, 0.3) is 11.4 Å². The molecule has 2 aromatic carbocycles. The molecule has 0 fully saturated rings. The second kappa shape index (κ2) is 9.15. The average molecular weight is 439 g/mol. The molecule has 0 atom stereocenters. The number of aryl methyl sites for hydroxylation is 1. The first-order chi connectivity index (χ1) is 14.6. The van der Waals surface area contributed by atoms with Crippen molar-refractivity contribution in [3.05, 3.63) is 71.4 Å². The molecule has 152 valence electrons. The molecule has 2 aromatic heterocycles. The number of aromatic nitrogens is 5. The monoisotopic (exact) mass is 438 g/mol. The first kappa shape index (κ1) is 20.2. The number of methoxy groups -OCH3 is 1. The Kier molecular flexibility index (Phi) is 6.15. The van der Waals surface area contributed by atoms with E-state index in [1.165, 1.54) is 17.3 Å². The molecule has 0 aliphatic heterocycles. The number of nitrogen functional groups attached to an aromatic ring is 1. The minimum atomic E-state index is 0.116. The highest BCUT2D eigenvalue weighted by Gasteiger charge is 2.19. The van der Waals surface area contributed by atoms with Crippen molar-refractivity contribution in [3.63, 3.8) is 0 Å². The highest BCUT2D eigenvalue weighted by molar-refractivity contribution is 7.99. The summed E-state index contributed by atoms with van der Waals surface area (Å²) >= 11 is 7.37. The van der Waals surface area contributed by atoms with Gasteiger partial charge in [0.2, 0.25) is 5.95 Å². The Hall–Kier alpha value is -3.10. The molecule has 7 nitrogen and oxygen atoms in total. The van der Waals surface area contributed by atoms with Crippen molar-refractivity contribution in [3.8, 4) is 17.1 Å². The predicted molar refractivity (Wildman–Crippen MR) is 118 cm³/mol. The lowest BCUT2D eigenvalue weighted by Gasteiger charge is -2.12. The Morgan fingerprint density at radius 1 is 1.03 bits per heavy atom. The number of hydrogen-bond donors (Lipinski definition) is 1. The summed E-state index contributed by atoms with van der Waals surface area (Å²) < 4.78 is 7.59. The van der Waals surface area contributed by atoms with Gasteiger partial charge in [-0.15, -0.1) is 10.2 Å². The molecule has 0 unspecified atom stereocenters. The van der Waals surface area contributed by atoms with Crippen molar-refractivity contribution in [2.24, 2.45) is 0 Å². The number of rotatable bonds is 7. The van der Waals surface area contributed by atoms with E-state index in [1.807, 2.05) is 42.5 Å². The van der Waals surface area contributed by atoms with E-state index >= 15 is 0 Å². The first-order valence-electron chi connectivity index (χ1n) is 9.22. The lowest BCUT2D eigenvalue weighted by Crippen LogP contribution is -2.06. The number of nitrogens with two attached hydrogens (primary N) is 1. The third-order valence-electron chi connectivity index (χ3n) is 4.42. The molecule has 0 amide bonds. The molecule has 0 aliphatic carbocycles. The van der Waals surface area contributed by atoms with Crippen LogP contribution in [0.1, 0.15) is 5.56 Å². The summed E-state index contributed by atoms with van der Waals surface area (Å²) in [5.41, 5.74) is 7.83. The summed E-state index contributed by atoms with van der Waals surface area (Å²) in [6, 6.07) is 19.7. The van der Waals surface area contributed by atoms with E-state index in [0.29, 0.717) is 16.7 Å². The van der Waals surface area contributed by atoms with Crippen molar-refractivity contribution in [1.29, 1.82) is 0 Å². The largest absolute Gasteiger partial charge is 0.496 e. The van der Waals surface area contributed by atoms with Gasteiger partial charge in [-0.3, -0.25) is 0 Å². The maximum Gasteiger partial charge on any atom is 0.222 e. The molecule has 9 heteroatoms. The van der Waals surface area contributed by atoms with Crippen LogP contribution in [-0.2, 0) is 13.0 Å². The van der Waals surface area contributed by atoms with Crippen molar-refractivity contribution >= 4 is 29.3 Å². The molecule has 0 aliphatic rings. The number of halogens is 1. The third-order valence-corrected chi connectivity index (χ3v) is 5.51. The SMILES string of the molecule is COc1ccccc1-c1nnc(Sc2cc(Cl)nc(N)n2)n1CCc1ccccc1. The van der Waals surface area contributed by atoms with Gasteiger partial charge in [0.25, 0.3) is 0 Å². The number of hydrogen-bond acceptors (Lipinski definition) is 7. The van der Waals surface area contributed by atoms with Crippen LogP contribution in [0.15, 0.2) is 70.8 Å². The highest BCUT2D eigenvalue weighted by Crippen LogP contribution is 2.33. The van der Waals surface area contributed by atoms with E-state index in [1.54, 1.807) is 13.2 Å². The Labute approximate surface area is 183 Å². The Morgan fingerprint density at radius 3 is 2.57 bits per heavy atom. The van der Waals surface area contributed by atoms with Gasteiger partial charge in [-0.25, -0.2) is 9.97 Å². The quantitative estimate of drug-likeness (QED) is 0.428. The van der Waals surface area contributed by atoms with E-state index < -0.39 is 0 Å². The number of nitrogens with zero attached hydrogens (tertiary/aromatic N) is 5. The third kappa shape index (κ3) is 4.55. The summed E-state index contributed by atoms with van der Waals surface area (Å²) in [5.74, 6) is 1.57. The zero-order chi connectivity index (χ0) is 20.9. The second-order valence-electron chi connectivity index (χ2n) is 6.38. The molecule has 0 bridgehead atoms. The number of anilines is 1. The Bertz CT molecular complexity index is 1130. The van der Waals surface area contributed by atoms with Gasteiger partial charge in [0.1, 0.15) is 15.9 Å². The van der Waals surface area contributed by atoms with Gasteiger partial charge in [0.15, 0.2) is 11.0 Å². The number of ether oxygens (including phenoxy) is 1. The van der Waals surface area contributed by atoms with E-state index in [2.05, 4.69) is 36.9 Å². The van der Waals surface area contributed by atoms with Gasteiger partial charge in [-0.1, -0.05) is 54.1 Å². The number of benzene rings is 2. The summed E-state index contributed by atoms with van der Waals surface area (Å²) in [4.78, 5) is 8.15. The smallest absolute Gasteiger partial charge is 0.222 e. The summed E-state index contributed by atoms with van der Waals surface area (Å²) in [6.07, 6.45) is 0.821. The maximum absolute atomic E-state index is 6.03. The van der Waals surface area contributed by atoms with Crippen LogP contribution < -0.4 is 10.5 Å². The van der Waals surface area contributed by atoms with E-state index in [9.17, 15) is 0 Å². The van der Waals surface area contributed by atoms with Crippen molar-refractivity contribution in [2.75, 3.05) is 12.8 Å². The summed E-state index contributed by atoms with van der Waals surface area (Å²) in [7, 11) is 1.64.